The van der Waals surface area contributed by atoms with Crippen LogP contribution in [0.2, 0.25) is 0 Å². The average molecular weight is 693 g/mol. The number of benzene rings is 3. The van der Waals surface area contributed by atoms with Crippen molar-refractivity contribution >= 4 is 29.1 Å². The molecule has 2 aliphatic rings. The Kier molecular flexibility index (Phi) is 12.3. The summed E-state index contributed by atoms with van der Waals surface area (Å²) in [6, 6.07) is 12.9. The van der Waals surface area contributed by atoms with Gasteiger partial charge in [-0.15, -0.1) is 0 Å². The van der Waals surface area contributed by atoms with Gasteiger partial charge in [0.15, 0.2) is 11.6 Å². The number of aliphatic hydroxyl groups is 2. The number of nitrogens with two attached hydrogens (primary N) is 2. The number of hydrogen-bond donors (Lipinski definition) is 7. The molecule has 3 aromatic carbocycles. The third kappa shape index (κ3) is 8.12. The van der Waals surface area contributed by atoms with Gasteiger partial charge in [0.2, 0.25) is 0 Å². The lowest BCUT2D eigenvalue weighted by Crippen LogP contribution is -2.45. The standard InChI is InChI=1S/C33H36N2O8.C3H8N2O2/c1-16(36)19-13-23-26(33(42)28-27(32(23)41)30(39)21-5-3-4-6-22(21)31(28)40)25(14-19)43-12-11-24(29(38)17(2)37)35-15-18-7-9-20(34)10-8-18;1-5(4)3(6)7-2/h3-10,17,19,24-25,29,35,37-38,41-42H,11-15,34H2,1-2H3;4H2,1-2H3. The van der Waals surface area contributed by atoms with E-state index >= 15 is 0 Å². The first kappa shape index (κ1) is 38.0. The van der Waals surface area contributed by atoms with Gasteiger partial charge >= 0.3 is 6.09 Å². The summed E-state index contributed by atoms with van der Waals surface area (Å²) in [4.78, 5) is 49.4. The second-order valence-electron chi connectivity index (χ2n) is 12.5. The van der Waals surface area contributed by atoms with E-state index in [1.807, 2.05) is 12.1 Å². The van der Waals surface area contributed by atoms with Crippen molar-refractivity contribution in [2.45, 2.75) is 64.0 Å². The number of hydrazine groups is 1. The number of aromatic hydroxyl groups is 2. The summed E-state index contributed by atoms with van der Waals surface area (Å²) >= 11 is 0. The first-order chi connectivity index (χ1) is 23.7. The number of anilines is 1. The fourth-order valence-electron chi connectivity index (χ4n) is 6.20. The van der Waals surface area contributed by atoms with Crippen molar-refractivity contribution in [1.29, 1.82) is 0 Å². The van der Waals surface area contributed by atoms with E-state index in [0.29, 0.717) is 12.2 Å². The van der Waals surface area contributed by atoms with Crippen LogP contribution in [0.4, 0.5) is 10.5 Å². The lowest BCUT2D eigenvalue weighted by molar-refractivity contribution is -0.122. The van der Waals surface area contributed by atoms with Crippen LogP contribution < -0.4 is 16.9 Å². The van der Waals surface area contributed by atoms with Gasteiger partial charge in [-0.2, -0.15) is 0 Å². The number of methoxy groups -OCH3 is 1. The molecule has 0 saturated heterocycles. The van der Waals surface area contributed by atoms with Crippen LogP contribution in [0.15, 0.2) is 48.5 Å². The molecule has 0 aromatic heterocycles. The van der Waals surface area contributed by atoms with E-state index in [0.717, 1.165) is 10.6 Å². The van der Waals surface area contributed by atoms with Gasteiger partial charge in [-0.25, -0.2) is 15.6 Å². The molecule has 0 radical (unpaired) electrons. The minimum atomic E-state index is -1.12. The number of phenolic OH excluding ortho intramolecular Hbond substituents is 2. The minimum absolute atomic E-state index is 0.0465. The molecule has 14 nitrogen and oxygen atoms in total. The molecule has 0 aliphatic heterocycles. The second-order valence-corrected chi connectivity index (χ2v) is 12.5. The van der Waals surface area contributed by atoms with Crippen molar-refractivity contribution in [3.63, 3.8) is 0 Å². The van der Waals surface area contributed by atoms with Crippen LogP contribution in [-0.4, -0.2) is 87.9 Å². The molecule has 268 valence electrons. The lowest BCUT2D eigenvalue weighted by atomic mass is 9.74. The summed E-state index contributed by atoms with van der Waals surface area (Å²) in [6.07, 6.45) is -3.05. The highest BCUT2D eigenvalue weighted by Gasteiger charge is 2.42. The van der Waals surface area contributed by atoms with Crippen LogP contribution in [0.5, 0.6) is 11.5 Å². The molecule has 0 bridgehead atoms. The Morgan fingerprint density at radius 3 is 2.08 bits per heavy atom. The zero-order valence-corrected chi connectivity index (χ0v) is 28.4. The van der Waals surface area contributed by atoms with Crippen LogP contribution in [0.25, 0.3) is 0 Å². The Morgan fingerprint density at radius 1 is 1.00 bits per heavy atom. The van der Waals surface area contributed by atoms with Crippen molar-refractivity contribution in [1.82, 2.24) is 10.3 Å². The third-order valence-electron chi connectivity index (χ3n) is 8.97. The molecular formula is C36H44N4O10. The second kappa shape index (κ2) is 16.2. The van der Waals surface area contributed by atoms with E-state index in [1.54, 1.807) is 24.3 Å². The zero-order valence-electron chi connectivity index (χ0n) is 28.4. The summed E-state index contributed by atoms with van der Waals surface area (Å²) in [6.45, 7) is 3.36. The van der Waals surface area contributed by atoms with Gasteiger partial charge in [0, 0.05) is 60.1 Å². The molecule has 5 unspecified atom stereocenters. The third-order valence-corrected chi connectivity index (χ3v) is 8.97. The van der Waals surface area contributed by atoms with Gasteiger partial charge in [-0.3, -0.25) is 14.4 Å². The summed E-state index contributed by atoms with van der Waals surface area (Å²) in [5.74, 6) is 2.18. The van der Waals surface area contributed by atoms with E-state index in [2.05, 4.69) is 10.1 Å². The number of phenols is 2. The normalized spacial score (nSPS) is 18.0. The average Bonchev–Trinajstić information content (AvgIpc) is 3.09. The first-order valence-corrected chi connectivity index (χ1v) is 16.1. The SMILES string of the molecule is CC(=O)C1Cc2c(O)c3c(c(O)c2C(OCCC(NCc2ccc(N)cc2)C(O)C(C)O)C1)C(=O)c1ccccc1C3=O.COC(=O)N(C)N. The van der Waals surface area contributed by atoms with E-state index in [4.69, 9.17) is 16.3 Å². The summed E-state index contributed by atoms with van der Waals surface area (Å²) in [7, 11) is 2.68. The Bertz CT molecular complexity index is 1740. The zero-order chi connectivity index (χ0) is 36.9. The largest absolute Gasteiger partial charge is 0.507 e. The van der Waals surface area contributed by atoms with Crippen LogP contribution in [0.3, 0.4) is 0 Å². The Hall–Kier alpha value is -4.86. The van der Waals surface area contributed by atoms with E-state index in [1.165, 1.54) is 40.1 Å². The molecule has 0 fully saturated rings. The highest BCUT2D eigenvalue weighted by atomic mass is 16.5. The van der Waals surface area contributed by atoms with Gasteiger partial charge in [0.25, 0.3) is 0 Å². The van der Waals surface area contributed by atoms with Crippen molar-refractivity contribution in [3.8, 4) is 11.5 Å². The van der Waals surface area contributed by atoms with Crippen molar-refractivity contribution in [3.05, 3.63) is 87.5 Å². The maximum Gasteiger partial charge on any atom is 0.423 e. The van der Waals surface area contributed by atoms with E-state index in [9.17, 15) is 39.6 Å². The number of nitrogens with one attached hydrogen (secondary N) is 1. The number of carbonyl (C=O) groups excluding carboxylic acids is 4. The number of Topliss-reactive ketones (excluding diaryl/α,β-unsaturated/α-hetero) is 1. The highest BCUT2D eigenvalue weighted by Crippen LogP contribution is 2.50. The quantitative estimate of drug-likeness (QED) is 0.0417. The summed E-state index contributed by atoms with van der Waals surface area (Å²) < 4.78 is 10.4. The Morgan fingerprint density at radius 2 is 1.58 bits per heavy atom. The molecule has 0 spiro atoms. The van der Waals surface area contributed by atoms with Gasteiger partial charge < -0.3 is 41.0 Å². The molecule has 0 saturated carbocycles. The monoisotopic (exact) mass is 692 g/mol. The van der Waals surface area contributed by atoms with Gasteiger partial charge in [0.05, 0.1) is 36.5 Å². The Labute approximate surface area is 289 Å². The Balaban J connectivity index is 0.000000727. The van der Waals surface area contributed by atoms with E-state index < -0.39 is 59.4 Å². The van der Waals surface area contributed by atoms with Crippen LogP contribution in [0.1, 0.15) is 81.3 Å². The molecule has 3 aromatic rings. The number of nitrogen functional groups attached to an aromatic ring is 1. The molecule has 9 N–H and O–H groups in total. The van der Waals surface area contributed by atoms with Gasteiger partial charge in [0.1, 0.15) is 17.3 Å². The van der Waals surface area contributed by atoms with Crippen LogP contribution >= 0.6 is 0 Å². The fraction of sp³-hybridized carbons (Fsp3) is 0.389. The van der Waals surface area contributed by atoms with Crippen molar-refractivity contribution in [2.75, 3.05) is 26.5 Å². The predicted molar refractivity (Wildman–Crippen MR) is 182 cm³/mol. The molecule has 5 rings (SSSR count). The van der Waals surface area contributed by atoms with Gasteiger partial charge in [-0.05, 0) is 50.8 Å². The summed E-state index contributed by atoms with van der Waals surface area (Å²) in [5, 5.41) is 47.7. The van der Waals surface area contributed by atoms with Crippen molar-refractivity contribution < 1.29 is 49.1 Å². The smallest absolute Gasteiger partial charge is 0.423 e. The minimum Gasteiger partial charge on any atom is -0.507 e. The molecule has 0 heterocycles. The fourth-order valence-corrected chi connectivity index (χ4v) is 6.20. The molecular weight excluding hydrogens is 648 g/mol. The number of rotatable bonds is 10. The van der Waals surface area contributed by atoms with E-state index in [-0.39, 0.29) is 65.0 Å². The number of ether oxygens (including phenoxy) is 2. The molecule has 1 amide bonds. The predicted octanol–water partition coefficient (Wildman–Crippen LogP) is 2.51. The number of fused-ring (bicyclic) bond motifs is 3. The van der Waals surface area contributed by atoms with Crippen LogP contribution in [0, 0.1) is 5.92 Å². The lowest BCUT2D eigenvalue weighted by Gasteiger charge is -2.34. The number of nitrogens with zero attached hydrogens (tertiary/aromatic N) is 1. The molecule has 2 aliphatic carbocycles. The number of amides is 1. The number of aliphatic hydroxyl groups excluding tert-OH is 2. The first-order valence-electron chi connectivity index (χ1n) is 16.1. The van der Waals surface area contributed by atoms with Gasteiger partial charge in [-0.1, -0.05) is 36.4 Å². The maximum absolute atomic E-state index is 13.5. The number of hydrogen-bond acceptors (Lipinski definition) is 13. The summed E-state index contributed by atoms with van der Waals surface area (Å²) in [5.41, 5.74) is 7.42. The maximum atomic E-state index is 13.5. The van der Waals surface area contributed by atoms with Crippen LogP contribution in [-0.2, 0) is 27.2 Å². The highest BCUT2D eigenvalue weighted by molar-refractivity contribution is 6.30. The topological polar surface area (TPSA) is 235 Å². The van der Waals surface area contributed by atoms with Crippen molar-refractivity contribution in [2.24, 2.45) is 11.8 Å². The molecule has 50 heavy (non-hydrogen) atoms. The number of carbonyl (C=O) groups is 4. The molecule has 14 heteroatoms. The number of ketones is 3. The molecule has 5 atom stereocenters.